The molecule has 0 amide bonds. The molecule has 0 bridgehead atoms. The van der Waals surface area contributed by atoms with Crippen molar-refractivity contribution in [2.75, 3.05) is 0 Å². The van der Waals surface area contributed by atoms with Gasteiger partial charge in [0.15, 0.2) is 5.76 Å². The van der Waals surface area contributed by atoms with Gasteiger partial charge >= 0.3 is 0 Å². The van der Waals surface area contributed by atoms with E-state index in [1.807, 2.05) is 18.2 Å². The predicted molar refractivity (Wildman–Crippen MR) is 76.4 cm³/mol. The normalized spacial score (nSPS) is 23.1. The van der Waals surface area contributed by atoms with Crippen molar-refractivity contribution in [2.45, 2.75) is 39.5 Å². The van der Waals surface area contributed by atoms with E-state index in [4.69, 9.17) is 4.42 Å². The summed E-state index contributed by atoms with van der Waals surface area (Å²) in [5.74, 6) is 1.64. The summed E-state index contributed by atoms with van der Waals surface area (Å²) in [4.78, 5) is 12.5. The summed E-state index contributed by atoms with van der Waals surface area (Å²) in [6.45, 7) is 4.26. The van der Waals surface area contributed by atoms with Gasteiger partial charge in [-0.05, 0) is 50.3 Å². The van der Waals surface area contributed by atoms with Crippen molar-refractivity contribution in [1.29, 1.82) is 0 Å². The standard InChI is InChI=1S/C17H20O2/c1-3-12-5-6-13(9-12)17(18)16-10-14-8-11(2)4-7-15(14)19-16/h4,7-8,10,12-13H,3,5-6,9H2,1-2H3. The van der Waals surface area contributed by atoms with Gasteiger partial charge in [0.1, 0.15) is 5.58 Å². The number of aryl methyl sites for hydroxylation is 1. The second-order valence-electron chi connectivity index (χ2n) is 5.80. The number of carbonyl (C=O) groups is 1. The van der Waals surface area contributed by atoms with E-state index in [9.17, 15) is 4.79 Å². The molecule has 3 rings (SSSR count). The highest BCUT2D eigenvalue weighted by Gasteiger charge is 2.31. The highest BCUT2D eigenvalue weighted by Crippen LogP contribution is 2.35. The third-order valence-corrected chi connectivity index (χ3v) is 4.40. The van der Waals surface area contributed by atoms with Crippen LogP contribution in [0.25, 0.3) is 11.0 Å². The summed E-state index contributed by atoms with van der Waals surface area (Å²) in [7, 11) is 0. The van der Waals surface area contributed by atoms with Crippen molar-refractivity contribution < 1.29 is 9.21 Å². The molecular formula is C17H20O2. The zero-order chi connectivity index (χ0) is 13.4. The number of fused-ring (bicyclic) bond motifs is 1. The molecule has 1 heterocycles. The molecule has 2 unspecified atom stereocenters. The molecule has 0 radical (unpaired) electrons. The van der Waals surface area contributed by atoms with Crippen LogP contribution in [-0.4, -0.2) is 5.78 Å². The van der Waals surface area contributed by atoms with E-state index in [0.717, 1.165) is 29.7 Å². The van der Waals surface area contributed by atoms with Crippen molar-refractivity contribution in [2.24, 2.45) is 11.8 Å². The van der Waals surface area contributed by atoms with Crippen molar-refractivity contribution in [3.8, 4) is 0 Å². The number of Topliss-reactive ketones (excluding diaryl/α,β-unsaturated/α-hetero) is 1. The molecular weight excluding hydrogens is 236 g/mol. The average molecular weight is 256 g/mol. The smallest absolute Gasteiger partial charge is 0.201 e. The fourth-order valence-electron chi connectivity index (χ4n) is 3.17. The molecule has 2 aromatic rings. The SMILES string of the molecule is CCC1CCC(C(=O)c2cc3cc(C)ccc3o2)C1. The number of benzene rings is 1. The van der Waals surface area contributed by atoms with E-state index in [1.54, 1.807) is 0 Å². The summed E-state index contributed by atoms with van der Waals surface area (Å²) in [6.07, 6.45) is 4.42. The Labute approximate surface area is 113 Å². The molecule has 0 aliphatic heterocycles. The second kappa shape index (κ2) is 4.84. The summed E-state index contributed by atoms with van der Waals surface area (Å²) in [5, 5.41) is 1.04. The van der Waals surface area contributed by atoms with Gasteiger partial charge in [0.25, 0.3) is 0 Å². The van der Waals surface area contributed by atoms with E-state index in [0.29, 0.717) is 5.76 Å². The molecule has 1 aromatic heterocycles. The quantitative estimate of drug-likeness (QED) is 0.742. The molecule has 1 aliphatic carbocycles. The van der Waals surface area contributed by atoms with Gasteiger partial charge in [0.05, 0.1) is 0 Å². The number of rotatable bonds is 3. The summed E-state index contributed by atoms with van der Waals surface area (Å²) < 4.78 is 5.72. The van der Waals surface area contributed by atoms with Gasteiger partial charge in [-0.2, -0.15) is 0 Å². The van der Waals surface area contributed by atoms with E-state index in [1.165, 1.54) is 18.4 Å². The van der Waals surface area contributed by atoms with Crippen molar-refractivity contribution in [3.63, 3.8) is 0 Å². The van der Waals surface area contributed by atoms with Crippen molar-refractivity contribution in [3.05, 3.63) is 35.6 Å². The highest BCUT2D eigenvalue weighted by atomic mass is 16.3. The fraction of sp³-hybridized carbons (Fsp3) is 0.471. The maximum atomic E-state index is 12.5. The average Bonchev–Trinajstić information content (AvgIpc) is 3.03. The van der Waals surface area contributed by atoms with E-state index in [-0.39, 0.29) is 11.7 Å². The molecule has 0 spiro atoms. The Morgan fingerprint density at radius 1 is 1.32 bits per heavy atom. The van der Waals surface area contributed by atoms with E-state index < -0.39 is 0 Å². The number of carbonyl (C=O) groups excluding carboxylic acids is 1. The van der Waals surface area contributed by atoms with E-state index in [2.05, 4.69) is 19.9 Å². The number of furan rings is 1. The van der Waals surface area contributed by atoms with Gasteiger partial charge in [-0.1, -0.05) is 25.0 Å². The van der Waals surface area contributed by atoms with Crippen LogP contribution in [0.5, 0.6) is 0 Å². The Hall–Kier alpha value is -1.57. The van der Waals surface area contributed by atoms with Gasteiger partial charge in [-0.15, -0.1) is 0 Å². The first-order chi connectivity index (χ1) is 9.17. The van der Waals surface area contributed by atoms with Crippen LogP contribution >= 0.6 is 0 Å². The van der Waals surface area contributed by atoms with Crippen LogP contribution in [0, 0.1) is 18.8 Å². The van der Waals surface area contributed by atoms with Crippen LogP contribution in [-0.2, 0) is 0 Å². The molecule has 0 N–H and O–H groups in total. The van der Waals surface area contributed by atoms with Crippen LogP contribution in [0.15, 0.2) is 28.7 Å². The van der Waals surface area contributed by atoms with Gasteiger partial charge < -0.3 is 4.42 Å². The summed E-state index contributed by atoms with van der Waals surface area (Å²) in [5.41, 5.74) is 2.01. The van der Waals surface area contributed by atoms with Gasteiger partial charge in [0, 0.05) is 11.3 Å². The van der Waals surface area contributed by atoms with Gasteiger partial charge in [0.2, 0.25) is 5.78 Å². The molecule has 1 aromatic carbocycles. The molecule has 1 fully saturated rings. The Bertz CT molecular complexity index is 609. The molecule has 2 heteroatoms. The lowest BCUT2D eigenvalue weighted by atomic mass is 9.98. The Balaban J connectivity index is 1.86. The highest BCUT2D eigenvalue weighted by molar-refractivity contribution is 5.99. The monoisotopic (exact) mass is 256 g/mol. The van der Waals surface area contributed by atoms with Crippen LogP contribution < -0.4 is 0 Å². The lowest BCUT2D eigenvalue weighted by Crippen LogP contribution is -2.10. The first-order valence-electron chi connectivity index (χ1n) is 7.21. The first kappa shape index (κ1) is 12.5. The fourth-order valence-corrected chi connectivity index (χ4v) is 3.17. The zero-order valence-electron chi connectivity index (χ0n) is 11.6. The Morgan fingerprint density at radius 2 is 2.16 bits per heavy atom. The third kappa shape index (κ3) is 2.32. The van der Waals surface area contributed by atoms with Crippen LogP contribution in [0.1, 0.15) is 48.7 Å². The number of ketones is 1. The molecule has 2 atom stereocenters. The number of hydrogen-bond donors (Lipinski definition) is 0. The van der Waals surface area contributed by atoms with Crippen LogP contribution in [0.3, 0.4) is 0 Å². The molecule has 2 nitrogen and oxygen atoms in total. The second-order valence-corrected chi connectivity index (χ2v) is 5.80. The molecule has 1 saturated carbocycles. The molecule has 19 heavy (non-hydrogen) atoms. The van der Waals surface area contributed by atoms with Gasteiger partial charge in [-0.3, -0.25) is 4.79 Å². The lowest BCUT2D eigenvalue weighted by molar-refractivity contribution is 0.0893. The largest absolute Gasteiger partial charge is 0.453 e. The van der Waals surface area contributed by atoms with Crippen LogP contribution in [0.4, 0.5) is 0 Å². The predicted octanol–water partition coefficient (Wildman–Crippen LogP) is 4.75. The zero-order valence-corrected chi connectivity index (χ0v) is 11.6. The molecule has 0 saturated heterocycles. The maximum Gasteiger partial charge on any atom is 0.201 e. The maximum absolute atomic E-state index is 12.5. The first-order valence-corrected chi connectivity index (χ1v) is 7.21. The van der Waals surface area contributed by atoms with Crippen molar-refractivity contribution >= 4 is 16.8 Å². The summed E-state index contributed by atoms with van der Waals surface area (Å²) in [6, 6.07) is 7.94. The topological polar surface area (TPSA) is 30.2 Å². The Kier molecular flexibility index (Phi) is 3.17. The lowest BCUT2D eigenvalue weighted by Gasteiger charge is -2.06. The molecule has 1 aliphatic rings. The van der Waals surface area contributed by atoms with E-state index >= 15 is 0 Å². The third-order valence-electron chi connectivity index (χ3n) is 4.40. The number of hydrogen-bond acceptors (Lipinski definition) is 2. The molecule has 100 valence electrons. The minimum Gasteiger partial charge on any atom is -0.453 e. The van der Waals surface area contributed by atoms with Crippen LogP contribution in [0.2, 0.25) is 0 Å². The summed E-state index contributed by atoms with van der Waals surface area (Å²) >= 11 is 0. The van der Waals surface area contributed by atoms with Gasteiger partial charge in [-0.25, -0.2) is 0 Å². The van der Waals surface area contributed by atoms with Crippen molar-refractivity contribution in [1.82, 2.24) is 0 Å². The Morgan fingerprint density at radius 3 is 2.89 bits per heavy atom. The minimum atomic E-state index is 0.173. The minimum absolute atomic E-state index is 0.173.